The highest BCUT2D eigenvalue weighted by Gasteiger charge is 2.49. The molecule has 0 amide bonds. The second-order valence-corrected chi connectivity index (χ2v) is 6.23. The Labute approximate surface area is 115 Å². The lowest BCUT2D eigenvalue weighted by atomic mass is 9.58. The maximum atomic E-state index is 9.87. The van der Waals surface area contributed by atoms with Gasteiger partial charge in [0.2, 0.25) is 0 Å². The number of piperidine rings is 1. The Morgan fingerprint density at radius 3 is 2.95 bits per heavy atom. The summed E-state index contributed by atoms with van der Waals surface area (Å²) < 4.78 is 5.38. The smallest absolute Gasteiger partial charge is 0.119 e. The summed E-state index contributed by atoms with van der Waals surface area (Å²) in [5.41, 5.74) is 2.88. The minimum Gasteiger partial charge on any atom is -0.497 e. The number of likely N-dealkylation sites (N-methyl/N-ethyl adjacent to an activating group) is 1. The van der Waals surface area contributed by atoms with Gasteiger partial charge in [-0.25, -0.2) is 0 Å². The summed E-state index contributed by atoms with van der Waals surface area (Å²) in [7, 11) is 3.90. The van der Waals surface area contributed by atoms with Crippen LogP contribution in [0.25, 0.3) is 0 Å². The largest absolute Gasteiger partial charge is 0.497 e. The summed E-state index contributed by atoms with van der Waals surface area (Å²) in [5.74, 6) is 1.25. The monoisotopic (exact) mass is 261 g/mol. The van der Waals surface area contributed by atoms with Gasteiger partial charge in [-0.1, -0.05) is 13.0 Å². The van der Waals surface area contributed by atoms with Crippen molar-refractivity contribution in [2.24, 2.45) is 5.92 Å². The molecule has 104 valence electrons. The highest BCUT2D eigenvalue weighted by molar-refractivity contribution is 5.44. The number of likely N-dealkylation sites (tertiary alicyclic amines) is 1. The van der Waals surface area contributed by atoms with E-state index in [1.165, 1.54) is 11.1 Å². The van der Waals surface area contributed by atoms with Crippen LogP contribution >= 0.6 is 0 Å². The lowest BCUT2D eigenvalue weighted by Crippen LogP contribution is -2.58. The minimum atomic E-state index is 0.0774. The third kappa shape index (κ3) is 1.79. The Morgan fingerprint density at radius 1 is 1.47 bits per heavy atom. The van der Waals surface area contributed by atoms with Gasteiger partial charge in [-0.15, -0.1) is 0 Å². The van der Waals surface area contributed by atoms with E-state index >= 15 is 0 Å². The molecule has 1 aromatic carbocycles. The first kappa shape index (κ1) is 12.9. The molecular formula is C16H23NO2. The number of nitrogens with zero attached hydrogens (tertiary/aromatic N) is 1. The maximum Gasteiger partial charge on any atom is 0.119 e. The molecule has 1 aliphatic heterocycles. The Morgan fingerprint density at radius 2 is 2.26 bits per heavy atom. The van der Waals surface area contributed by atoms with E-state index < -0.39 is 0 Å². The predicted molar refractivity (Wildman–Crippen MR) is 75.7 cm³/mol. The fourth-order valence-corrected chi connectivity index (χ4v) is 4.06. The van der Waals surface area contributed by atoms with Crippen LogP contribution < -0.4 is 4.74 Å². The van der Waals surface area contributed by atoms with Crippen LogP contribution in [-0.4, -0.2) is 43.4 Å². The highest BCUT2D eigenvalue weighted by Crippen LogP contribution is 2.48. The number of hydrogen-bond acceptors (Lipinski definition) is 3. The second kappa shape index (κ2) is 4.50. The van der Waals surface area contributed by atoms with Crippen molar-refractivity contribution in [3.63, 3.8) is 0 Å². The molecule has 1 aromatic rings. The molecule has 1 unspecified atom stereocenters. The Kier molecular flexibility index (Phi) is 3.06. The van der Waals surface area contributed by atoms with Gasteiger partial charge in [0.25, 0.3) is 0 Å². The minimum absolute atomic E-state index is 0.0774. The molecule has 19 heavy (non-hydrogen) atoms. The Hall–Kier alpha value is -1.06. The highest BCUT2D eigenvalue weighted by atomic mass is 16.5. The van der Waals surface area contributed by atoms with Crippen LogP contribution in [0.2, 0.25) is 0 Å². The average Bonchev–Trinajstić information content (AvgIpc) is 2.43. The Bertz CT molecular complexity index is 488. The topological polar surface area (TPSA) is 32.7 Å². The molecule has 2 bridgehead atoms. The van der Waals surface area contributed by atoms with Crippen molar-refractivity contribution in [2.75, 3.05) is 27.3 Å². The van der Waals surface area contributed by atoms with E-state index in [4.69, 9.17) is 4.74 Å². The second-order valence-electron chi connectivity index (χ2n) is 6.23. The molecule has 0 radical (unpaired) electrons. The van der Waals surface area contributed by atoms with E-state index in [1.807, 2.05) is 0 Å². The lowest BCUT2D eigenvalue weighted by Gasteiger charge is -2.54. The summed E-state index contributed by atoms with van der Waals surface area (Å²) in [6.07, 6.45) is 2.14. The molecule has 1 saturated heterocycles. The molecule has 1 N–H and O–H groups in total. The van der Waals surface area contributed by atoms with Crippen LogP contribution in [0.4, 0.5) is 0 Å². The average molecular weight is 261 g/mol. The summed E-state index contributed by atoms with van der Waals surface area (Å²) in [6, 6.07) is 6.90. The third-order valence-electron chi connectivity index (χ3n) is 5.39. The van der Waals surface area contributed by atoms with Gasteiger partial charge in [0.1, 0.15) is 5.75 Å². The SMILES string of the molecule is COc1ccc2c(c1)[C@]1(C)CCN(C)C(C2)[C@@H]1CO. The van der Waals surface area contributed by atoms with Crippen LogP contribution in [-0.2, 0) is 11.8 Å². The van der Waals surface area contributed by atoms with Crippen molar-refractivity contribution in [1.29, 1.82) is 0 Å². The molecule has 3 nitrogen and oxygen atoms in total. The van der Waals surface area contributed by atoms with E-state index in [9.17, 15) is 5.11 Å². The van der Waals surface area contributed by atoms with Gasteiger partial charge >= 0.3 is 0 Å². The van der Waals surface area contributed by atoms with E-state index in [2.05, 4.69) is 37.1 Å². The van der Waals surface area contributed by atoms with Crippen molar-refractivity contribution in [3.05, 3.63) is 29.3 Å². The molecule has 3 heteroatoms. The lowest BCUT2D eigenvalue weighted by molar-refractivity contribution is 0.00558. The zero-order valence-electron chi connectivity index (χ0n) is 12.0. The van der Waals surface area contributed by atoms with Crippen molar-refractivity contribution in [2.45, 2.75) is 31.2 Å². The first-order valence-corrected chi connectivity index (χ1v) is 7.08. The van der Waals surface area contributed by atoms with Gasteiger partial charge < -0.3 is 14.7 Å². The molecule has 2 aliphatic rings. The van der Waals surface area contributed by atoms with Gasteiger partial charge in [-0.3, -0.25) is 0 Å². The number of ether oxygens (including phenoxy) is 1. The van der Waals surface area contributed by atoms with Gasteiger partial charge in [0, 0.05) is 24.0 Å². The number of aliphatic hydroxyl groups is 1. The predicted octanol–water partition coefficient (Wildman–Crippen LogP) is 1.82. The van der Waals surface area contributed by atoms with Crippen molar-refractivity contribution in [1.82, 2.24) is 4.90 Å². The van der Waals surface area contributed by atoms with Gasteiger partial charge in [0.15, 0.2) is 0 Å². The summed E-state index contributed by atoms with van der Waals surface area (Å²) in [4.78, 5) is 2.41. The molecule has 3 rings (SSSR count). The third-order valence-corrected chi connectivity index (χ3v) is 5.39. The number of fused-ring (bicyclic) bond motifs is 4. The standard InChI is InChI=1S/C16H23NO2/c1-16-6-7-17(2)15(14(16)10-18)8-11-4-5-12(19-3)9-13(11)16/h4-5,9,14-15,18H,6-8,10H2,1-3H3/t14-,15?,16-/m0/s1. The fourth-order valence-electron chi connectivity index (χ4n) is 4.06. The summed E-state index contributed by atoms with van der Waals surface area (Å²) in [5, 5.41) is 9.87. The van der Waals surface area contributed by atoms with Crippen molar-refractivity contribution < 1.29 is 9.84 Å². The molecule has 3 atom stereocenters. The van der Waals surface area contributed by atoms with E-state index in [1.54, 1.807) is 7.11 Å². The first-order chi connectivity index (χ1) is 9.10. The summed E-state index contributed by atoms with van der Waals surface area (Å²) in [6.45, 7) is 3.68. The number of methoxy groups -OCH3 is 1. The van der Waals surface area contributed by atoms with Gasteiger partial charge in [-0.2, -0.15) is 0 Å². The molecule has 1 heterocycles. The number of rotatable bonds is 2. The molecule has 0 aromatic heterocycles. The van der Waals surface area contributed by atoms with E-state index in [-0.39, 0.29) is 12.0 Å². The van der Waals surface area contributed by atoms with E-state index in [0.29, 0.717) is 12.0 Å². The number of hydrogen-bond donors (Lipinski definition) is 1. The molecule has 0 spiro atoms. The van der Waals surface area contributed by atoms with Crippen molar-refractivity contribution in [3.8, 4) is 5.75 Å². The van der Waals surface area contributed by atoms with Crippen LogP contribution in [0.5, 0.6) is 5.75 Å². The number of aliphatic hydroxyl groups excluding tert-OH is 1. The molecule has 1 aliphatic carbocycles. The summed E-state index contributed by atoms with van der Waals surface area (Å²) >= 11 is 0. The van der Waals surface area contributed by atoms with Gasteiger partial charge in [-0.05, 0) is 49.7 Å². The molecule has 0 saturated carbocycles. The fraction of sp³-hybridized carbons (Fsp3) is 0.625. The van der Waals surface area contributed by atoms with Crippen LogP contribution in [0.3, 0.4) is 0 Å². The zero-order chi connectivity index (χ0) is 13.6. The zero-order valence-corrected chi connectivity index (χ0v) is 12.0. The Balaban J connectivity index is 2.13. The maximum absolute atomic E-state index is 9.87. The quantitative estimate of drug-likeness (QED) is 0.881. The van der Waals surface area contributed by atoms with Crippen molar-refractivity contribution >= 4 is 0 Å². The molecular weight excluding hydrogens is 238 g/mol. The number of benzene rings is 1. The van der Waals surface area contributed by atoms with Crippen LogP contribution in [0, 0.1) is 5.92 Å². The van der Waals surface area contributed by atoms with Gasteiger partial charge in [0.05, 0.1) is 7.11 Å². The first-order valence-electron chi connectivity index (χ1n) is 7.08. The van der Waals surface area contributed by atoms with E-state index in [0.717, 1.165) is 25.1 Å². The normalized spacial score (nSPS) is 33.9. The molecule has 1 fully saturated rings. The van der Waals surface area contributed by atoms with Crippen LogP contribution in [0.1, 0.15) is 24.5 Å². The van der Waals surface area contributed by atoms with Crippen LogP contribution in [0.15, 0.2) is 18.2 Å².